The zero-order valence-electron chi connectivity index (χ0n) is 12.0. The molecule has 0 radical (unpaired) electrons. The van der Waals surface area contributed by atoms with Crippen molar-refractivity contribution in [1.82, 2.24) is 4.72 Å². The molecule has 0 bridgehead atoms. The van der Waals surface area contributed by atoms with Crippen LogP contribution < -0.4 is 9.46 Å². The standard InChI is InChI=1S/C15H21NO4S/c17-15(7-2-1-3-8-15)11-16-21(18,19)13-4-5-14-12(10-13)6-9-20-14/h4-5,10,16-17H,1-3,6-9,11H2. The van der Waals surface area contributed by atoms with E-state index in [0.29, 0.717) is 19.4 Å². The van der Waals surface area contributed by atoms with Crippen molar-refractivity contribution in [2.45, 2.75) is 49.0 Å². The van der Waals surface area contributed by atoms with E-state index >= 15 is 0 Å². The lowest BCUT2D eigenvalue weighted by Crippen LogP contribution is -2.44. The van der Waals surface area contributed by atoms with E-state index in [0.717, 1.165) is 37.0 Å². The number of hydrogen-bond acceptors (Lipinski definition) is 4. The molecule has 0 unspecified atom stereocenters. The maximum atomic E-state index is 12.4. The highest BCUT2D eigenvalue weighted by atomic mass is 32.2. The van der Waals surface area contributed by atoms with Gasteiger partial charge in [-0.2, -0.15) is 0 Å². The molecular formula is C15H21NO4S. The molecule has 1 aromatic carbocycles. The third kappa shape index (κ3) is 3.22. The molecule has 0 spiro atoms. The van der Waals surface area contributed by atoms with Crippen LogP contribution in [0.4, 0.5) is 0 Å². The second kappa shape index (κ2) is 5.59. The van der Waals surface area contributed by atoms with Crippen LogP contribution >= 0.6 is 0 Å². The molecule has 5 nitrogen and oxygen atoms in total. The minimum atomic E-state index is -3.58. The van der Waals surface area contributed by atoms with Crippen LogP contribution in [0.1, 0.15) is 37.7 Å². The first-order valence-corrected chi connectivity index (χ1v) is 8.95. The highest BCUT2D eigenvalue weighted by Crippen LogP contribution is 2.29. The lowest BCUT2D eigenvalue weighted by molar-refractivity contribution is 0.00945. The maximum Gasteiger partial charge on any atom is 0.240 e. The molecule has 1 aliphatic carbocycles. The summed E-state index contributed by atoms with van der Waals surface area (Å²) in [5.41, 5.74) is 0.0276. The Kier molecular flexibility index (Phi) is 3.94. The van der Waals surface area contributed by atoms with E-state index in [1.54, 1.807) is 18.2 Å². The number of aliphatic hydroxyl groups is 1. The molecule has 1 aliphatic heterocycles. The van der Waals surface area contributed by atoms with E-state index in [1.807, 2.05) is 0 Å². The molecule has 0 atom stereocenters. The topological polar surface area (TPSA) is 75.6 Å². The fourth-order valence-corrected chi connectivity index (χ4v) is 4.20. The van der Waals surface area contributed by atoms with E-state index in [-0.39, 0.29) is 11.4 Å². The van der Waals surface area contributed by atoms with Crippen molar-refractivity contribution < 1.29 is 18.3 Å². The van der Waals surface area contributed by atoms with E-state index in [4.69, 9.17) is 4.74 Å². The zero-order chi connectivity index (χ0) is 14.9. The molecule has 2 aliphatic rings. The number of sulfonamides is 1. The molecule has 2 N–H and O–H groups in total. The molecule has 1 fully saturated rings. The smallest absolute Gasteiger partial charge is 0.240 e. The lowest BCUT2D eigenvalue weighted by Gasteiger charge is -2.32. The molecule has 0 amide bonds. The second-order valence-corrected chi connectivity index (χ2v) is 7.74. The van der Waals surface area contributed by atoms with Gasteiger partial charge in [-0.15, -0.1) is 0 Å². The highest BCUT2D eigenvalue weighted by Gasteiger charge is 2.31. The van der Waals surface area contributed by atoms with Gasteiger partial charge in [-0.05, 0) is 36.6 Å². The molecule has 3 rings (SSSR count). The first-order valence-electron chi connectivity index (χ1n) is 7.46. The van der Waals surface area contributed by atoms with Gasteiger partial charge in [-0.1, -0.05) is 19.3 Å². The van der Waals surface area contributed by atoms with Crippen LogP contribution in [0.5, 0.6) is 5.75 Å². The van der Waals surface area contributed by atoms with Gasteiger partial charge in [0.2, 0.25) is 10.0 Å². The van der Waals surface area contributed by atoms with Gasteiger partial charge in [0.15, 0.2) is 0 Å². The Labute approximate surface area is 125 Å². The SMILES string of the molecule is O=S(=O)(NCC1(O)CCCCC1)c1ccc2c(c1)CCO2. The quantitative estimate of drug-likeness (QED) is 0.885. The highest BCUT2D eigenvalue weighted by molar-refractivity contribution is 7.89. The van der Waals surface area contributed by atoms with Crippen molar-refractivity contribution >= 4 is 10.0 Å². The van der Waals surface area contributed by atoms with Gasteiger partial charge < -0.3 is 9.84 Å². The number of ether oxygens (including phenoxy) is 1. The van der Waals surface area contributed by atoms with Crippen molar-refractivity contribution in [2.75, 3.05) is 13.2 Å². The summed E-state index contributed by atoms with van der Waals surface area (Å²) in [6.07, 6.45) is 5.08. The minimum absolute atomic E-state index is 0.0862. The van der Waals surface area contributed by atoms with Gasteiger partial charge in [-0.25, -0.2) is 13.1 Å². The maximum absolute atomic E-state index is 12.4. The van der Waals surface area contributed by atoms with Crippen LogP contribution in [0.15, 0.2) is 23.1 Å². The molecule has 116 valence electrons. The number of nitrogens with one attached hydrogen (secondary N) is 1. The Balaban J connectivity index is 1.72. The Morgan fingerprint density at radius 3 is 2.76 bits per heavy atom. The van der Waals surface area contributed by atoms with Crippen molar-refractivity contribution in [1.29, 1.82) is 0 Å². The molecule has 6 heteroatoms. The van der Waals surface area contributed by atoms with Gasteiger partial charge in [0.25, 0.3) is 0 Å². The molecule has 0 saturated heterocycles. The van der Waals surface area contributed by atoms with Gasteiger partial charge in [-0.3, -0.25) is 0 Å². The van der Waals surface area contributed by atoms with Crippen LogP contribution in [0.25, 0.3) is 0 Å². The Hall–Kier alpha value is -1.11. The van der Waals surface area contributed by atoms with E-state index < -0.39 is 15.6 Å². The Bertz CT molecular complexity index is 621. The second-order valence-electron chi connectivity index (χ2n) is 5.98. The summed E-state index contributed by atoms with van der Waals surface area (Å²) >= 11 is 0. The molecule has 0 aromatic heterocycles. The zero-order valence-corrected chi connectivity index (χ0v) is 12.8. The summed E-state index contributed by atoms with van der Waals surface area (Å²) in [5, 5.41) is 10.4. The molecule has 21 heavy (non-hydrogen) atoms. The first kappa shape index (κ1) is 14.8. The molecule has 1 heterocycles. The average Bonchev–Trinajstić information content (AvgIpc) is 2.94. The van der Waals surface area contributed by atoms with Crippen LogP contribution in [-0.2, 0) is 16.4 Å². The largest absolute Gasteiger partial charge is 0.493 e. The normalized spacial score (nSPS) is 20.8. The van der Waals surface area contributed by atoms with Crippen LogP contribution in [0.2, 0.25) is 0 Å². The van der Waals surface area contributed by atoms with Crippen molar-refractivity contribution in [3.8, 4) is 5.75 Å². The number of hydrogen-bond donors (Lipinski definition) is 2. The number of benzene rings is 1. The van der Waals surface area contributed by atoms with E-state index in [1.165, 1.54) is 0 Å². The predicted octanol–water partition coefficient (Wildman–Crippen LogP) is 1.59. The van der Waals surface area contributed by atoms with Crippen molar-refractivity contribution in [3.05, 3.63) is 23.8 Å². The number of rotatable bonds is 4. The number of fused-ring (bicyclic) bond motifs is 1. The summed E-state index contributed by atoms with van der Waals surface area (Å²) in [4.78, 5) is 0.242. The third-order valence-corrected chi connectivity index (χ3v) is 5.75. The van der Waals surface area contributed by atoms with Gasteiger partial charge in [0.1, 0.15) is 5.75 Å². The van der Waals surface area contributed by atoms with Crippen molar-refractivity contribution in [2.24, 2.45) is 0 Å². The van der Waals surface area contributed by atoms with Gasteiger partial charge >= 0.3 is 0 Å². The first-order chi connectivity index (χ1) is 9.99. The Morgan fingerprint density at radius 2 is 2.00 bits per heavy atom. The summed E-state index contributed by atoms with van der Waals surface area (Å²) in [6, 6.07) is 4.92. The van der Waals surface area contributed by atoms with E-state index in [2.05, 4.69) is 4.72 Å². The van der Waals surface area contributed by atoms with Crippen LogP contribution in [0, 0.1) is 0 Å². The van der Waals surface area contributed by atoms with Crippen molar-refractivity contribution in [3.63, 3.8) is 0 Å². The summed E-state index contributed by atoms with van der Waals surface area (Å²) in [6.45, 7) is 0.689. The molecule has 1 saturated carbocycles. The molecule has 1 aromatic rings. The van der Waals surface area contributed by atoms with Crippen LogP contribution in [0.3, 0.4) is 0 Å². The van der Waals surface area contributed by atoms with Crippen LogP contribution in [-0.4, -0.2) is 32.3 Å². The summed E-state index contributed by atoms with van der Waals surface area (Å²) in [7, 11) is -3.58. The lowest BCUT2D eigenvalue weighted by atomic mass is 9.85. The summed E-state index contributed by atoms with van der Waals surface area (Å²) in [5.74, 6) is 0.764. The average molecular weight is 311 g/mol. The third-order valence-electron chi connectivity index (χ3n) is 4.35. The monoisotopic (exact) mass is 311 g/mol. The van der Waals surface area contributed by atoms with Gasteiger partial charge in [0.05, 0.1) is 17.1 Å². The van der Waals surface area contributed by atoms with E-state index in [9.17, 15) is 13.5 Å². The Morgan fingerprint density at radius 1 is 1.24 bits per heavy atom. The van der Waals surface area contributed by atoms with Gasteiger partial charge in [0, 0.05) is 13.0 Å². The minimum Gasteiger partial charge on any atom is -0.493 e. The predicted molar refractivity (Wildman–Crippen MR) is 78.9 cm³/mol. The fraction of sp³-hybridized carbons (Fsp3) is 0.600. The summed E-state index contributed by atoms with van der Waals surface area (Å²) < 4.78 is 32.6. The fourth-order valence-electron chi connectivity index (χ4n) is 3.03. The molecular weight excluding hydrogens is 290 g/mol.